The van der Waals surface area contributed by atoms with Gasteiger partial charge in [0.2, 0.25) is 18.0 Å². The van der Waals surface area contributed by atoms with E-state index in [2.05, 4.69) is 10.1 Å². The first-order chi connectivity index (χ1) is 14.4. The molecule has 0 radical (unpaired) electrons. The molecule has 0 amide bonds. The van der Waals surface area contributed by atoms with E-state index in [1.54, 1.807) is 19.8 Å². The second-order valence-electron chi connectivity index (χ2n) is 6.94. The SMILES string of the molecule is Cn1cnc(C(=O)C=C(O)c2cc(COC[P+](C)=O)cc(Cc3ccccc3)c2)n1. The van der Waals surface area contributed by atoms with Crippen molar-refractivity contribution in [1.82, 2.24) is 14.8 Å². The number of benzene rings is 2. The van der Waals surface area contributed by atoms with Crippen molar-refractivity contribution >= 4 is 19.3 Å². The molecule has 0 saturated carbocycles. The normalized spacial score (nSPS) is 12.1. The summed E-state index contributed by atoms with van der Waals surface area (Å²) in [6.45, 7) is 1.87. The van der Waals surface area contributed by atoms with Crippen molar-refractivity contribution in [2.24, 2.45) is 7.05 Å². The van der Waals surface area contributed by atoms with E-state index in [4.69, 9.17) is 4.74 Å². The summed E-state index contributed by atoms with van der Waals surface area (Å²) in [5.41, 5.74) is 3.39. The Kier molecular flexibility index (Phi) is 7.22. The zero-order valence-corrected chi connectivity index (χ0v) is 17.8. The maximum atomic E-state index is 12.3. The van der Waals surface area contributed by atoms with Gasteiger partial charge >= 0.3 is 7.80 Å². The Morgan fingerprint density at radius 1 is 1.17 bits per heavy atom. The number of hydrogen-bond acceptors (Lipinski definition) is 6. The number of nitrogens with zero attached hydrogens (tertiary/aromatic N) is 3. The van der Waals surface area contributed by atoms with Gasteiger partial charge in [-0.3, -0.25) is 9.48 Å². The first kappa shape index (κ1) is 21.6. The summed E-state index contributed by atoms with van der Waals surface area (Å²) in [5.74, 6) is -0.646. The van der Waals surface area contributed by atoms with Crippen LogP contribution in [-0.2, 0) is 29.4 Å². The molecule has 8 heteroatoms. The van der Waals surface area contributed by atoms with Crippen LogP contribution in [0.5, 0.6) is 0 Å². The Bertz CT molecular complexity index is 1080. The minimum absolute atomic E-state index is 0.0137. The van der Waals surface area contributed by atoms with Crippen molar-refractivity contribution < 1.29 is 19.2 Å². The smallest absolute Gasteiger partial charge is 0.363 e. The van der Waals surface area contributed by atoms with Crippen LogP contribution in [0.2, 0.25) is 0 Å². The molecule has 0 spiro atoms. The second kappa shape index (κ2) is 10.1. The van der Waals surface area contributed by atoms with Gasteiger partial charge in [0.25, 0.3) is 0 Å². The van der Waals surface area contributed by atoms with Crippen LogP contribution in [0.3, 0.4) is 0 Å². The first-order valence-electron chi connectivity index (χ1n) is 9.34. The lowest BCUT2D eigenvalue weighted by molar-refractivity contribution is 0.103. The molecule has 2 aromatic carbocycles. The van der Waals surface area contributed by atoms with Gasteiger partial charge in [0, 0.05) is 18.7 Å². The number of carbonyl (C=O) groups excluding carboxylic acids is 1. The van der Waals surface area contributed by atoms with Crippen molar-refractivity contribution in [3.8, 4) is 0 Å². The average molecular weight is 424 g/mol. The van der Waals surface area contributed by atoms with Crippen molar-refractivity contribution in [2.75, 3.05) is 13.0 Å². The molecule has 1 aromatic heterocycles. The maximum Gasteiger partial charge on any atom is 0.363 e. The predicted octanol–water partition coefficient (Wildman–Crippen LogP) is 4.12. The summed E-state index contributed by atoms with van der Waals surface area (Å²) >= 11 is 0. The molecule has 0 bridgehead atoms. The third-order valence-corrected chi connectivity index (χ3v) is 4.78. The summed E-state index contributed by atoms with van der Waals surface area (Å²) in [7, 11) is 0.270. The number of aliphatic hydroxyl groups excluding tert-OH is 1. The highest BCUT2D eigenvalue weighted by Gasteiger charge is 2.13. The van der Waals surface area contributed by atoms with E-state index in [1.165, 1.54) is 11.0 Å². The number of aromatic nitrogens is 3. The van der Waals surface area contributed by atoms with E-state index in [0.717, 1.165) is 22.8 Å². The van der Waals surface area contributed by atoms with Gasteiger partial charge in [-0.05, 0) is 35.2 Å². The minimum atomic E-state index is -1.39. The van der Waals surface area contributed by atoms with Crippen LogP contribution in [0.1, 0.15) is 32.9 Å². The molecular formula is C22H23N3O4P+. The number of aliphatic hydroxyl groups is 1. The number of ketones is 1. The summed E-state index contributed by atoms with van der Waals surface area (Å²) in [5, 5.41) is 14.5. The number of aryl methyl sites for hydroxylation is 1. The van der Waals surface area contributed by atoms with Gasteiger partial charge in [0.15, 0.2) is 0 Å². The van der Waals surface area contributed by atoms with Crippen molar-refractivity contribution in [3.63, 3.8) is 0 Å². The number of ether oxygens (including phenoxy) is 1. The highest BCUT2D eigenvalue weighted by molar-refractivity contribution is 7.43. The van der Waals surface area contributed by atoms with Gasteiger partial charge in [0.05, 0.1) is 6.61 Å². The lowest BCUT2D eigenvalue weighted by Crippen LogP contribution is -2.02. The topological polar surface area (TPSA) is 94.3 Å². The Hall–Kier alpha value is -3.15. The summed E-state index contributed by atoms with van der Waals surface area (Å²) in [4.78, 5) is 16.2. The fraction of sp³-hybridized carbons (Fsp3) is 0.227. The van der Waals surface area contributed by atoms with E-state index in [0.29, 0.717) is 12.0 Å². The molecule has 3 aromatic rings. The zero-order valence-electron chi connectivity index (χ0n) is 16.9. The van der Waals surface area contributed by atoms with Crippen LogP contribution < -0.4 is 0 Å². The molecule has 0 aliphatic carbocycles. The molecule has 154 valence electrons. The van der Waals surface area contributed by atoms with Crippen molar-refractivity contribution in [1.29, 1.82) is 0 Å². The molecule has 0 aliphatic rings. The summed E-state index contributed by atoms with van der Waals surface area (Å²) < 4.78 is 18.2. The molecule has 1 unspecified atom stereocenters. The molecule has 0 saturated heterocycles. The number of allylic oxidation sites excluding steroid dienone is 1. The molecule has 30 heavy (non-hydrogen) atoms. The van der Waals surface area contributed by atoms with E-state index in [9.17, 15) is 14.5 Å². The number of rotatable bonds is 9. The molecule has 0 fully saturated rings. The Morgan fingerprint density at radius 3 is 2.57 bits per heavy atom. The lowest BCUT2D eigenvalue weighted by atomic mass is 9.99. The van der Waals surface area contributed by atoms with Gasteiger partial charge in [-0.25, -0.2) is 4.98 Å². The van der Waals surface area contributed by atoms with E-state index < -0.39 is 13.6 Å². The Balaban J connectivity index is 1.88. The van der Waals surface area contributed by atoms with E-state index in [-0.39, 0.29) is 24.5 Å². The average Bonchev–Trinajstić information content (AvgIpc) is 3.15. The van der Waals surface area contributed by atoms with E-state index in [1.807, 2.05) is 42.5 Å². The quantitative estimate of drug-likeness (QED) is 0.240. The zero-order chi connectivity index (χ0) is 21.5. The fourth-order valence-corrected chi connectivity index (χ4v) is 3.29. The summed E-state index contributed by atoms with van der Waals surface area (Å²) in [6.07, 6.45) is 3.36. The van der Waals surface area contributed by atoms with Gasteiger partial charge in [-0.2, -0.15) is 0 Å². The maximum absolute atomic E-state index is 12.3. The fourth-order valence-electron chi connectivity index (χ4n) is 2.94. The van der Waals surface area contributed by atoms with Gasteiger partial charge in [-0.15, -0.1) is 5.10 Å². The minimum Gasteiger partial charge on any atom is -0.507 e. The monoisotopic (exact) mass is 424 g/mol. The molecule has 1 heterocycles. The molecule has 1 atom stereocenters. The van der Waals surface area contributed by atoms with Gasteiger partial charge in [-0.1, -0.05) is 41.0 Å². The van der Waals surface area contributed by atoms with E-state index >= 15 is 0 Å². The first-order valence-corrected chi connectivity index (χ1v) is 11.2. The largest absolute Gasteiger partial charge is 0.507 e. The second-order valence-corrected chi connectivity index (χ2v) is 8.46. The van der Waals surface area contributed by atoms with Crippen LogP contribution >= 0.6 is 7.80 Å². The molecule has 7 nitrogen and oxygen atoms in total. The van der Waals surface area contributed by atoms with Crippen LogP contribution in [0, 0.1) is 0 Å². The third kappa shape index (κ3) is 6.17. The van der Waals surface area contributed by atoms with Crippen LogP contribution in [0.15, 0.2) is 60.9 Å². The van der Waals surface area contributed by atoms with Crippen LogP contribution in [-0.4, -0.2) is 38.7 Å². The Labute approximate surface area is 175 Å². The standard InChI is InChI=1S/C22H22N3O4P/c1-25-14-23-22(24-25)21(27)12-20(26)19-10-17(8-16-6-4-3-5-7-16)9-18(11-19)13-29-15-30(2)28/h3-7,9-12,14H,8,13,15H2,1-2H3/p+1. The molecule has 0 aliphatic heterocycles. The van der Waals surface area contributed by atoms with Gasteiger partial charge in [0.1, 0.15) is 18.8 Å². The molecule has 3 rings (SSSR count). The van der Waals surface area contributed by atoms with Crippen LogP contribution in [0.4, 0.5) is 0 Å². The Morgan fingerprint density at radius 2 is 1.90 bits per heavy atom. The molecule has 1 N–H and O–H groups in total. The molecular weight excluding hydrogens is 401 g/mol. The van der Waals surface area contributed by atoms with Crippen LogP contribution in [0.25, 0.3) is 5.76 Å². The highest BCUT2D eigenvalue weighted by atomic mass is 31.1. The van der Waals surface area contributed by atoms with Gasteiger partial charge < -0.3 is 9.84 Å². The van der Waals surface area contributed by atoms with Crippen molar-refractivity contribution in [3.05, 3.63) is 89.0 Å². The third-order valence-electron chi connectivity index (χ3n) is 4.23. The lowest BCUT2D eigenvalue weighted by Gasteiger charge is -2.10. The number of hydrogen-bond donors (Lipinski definition) is 1. The predicted molar refractivity (Wildman–Crippen MR) is 115 cm³/mol. The highest BCUT2D eigenvalue weighted by Crippen LogP contribution is 2.22. The number of carbonyl (C=O) groups is 1. The van der Waals surface area contributed by atoms with Crippen molar-refractivity contribution in [2.45, 2.75) is 13.0 Å². The summed E-state index contributed by atoms with van der Waals surface area (Å²) in [6, 6.07) is 15.5.